The summed E-state index contributed by atoms with van der Waals surface area (Å²) in [6, 6.07) is 4.39. The molecule has 0 saturated carbocycles. The molecule has 0 aliphatic carbocycles. The summed E-state index contributed by atoms with van der Waals surface area (Å²) in [5, 5.41) is 13.2. The number of aromatic nitrogens is 1. The van der Waals surface area contributed by atoms with Crippen molar-refractivity contribution in [3.63, 3.8) is 0 Å². The third-order valence-corrected chi connectivity index (χ3v) is 3.49. The molecule has 4 nitrogen and oxygen atoms in total. The van der Waals surface area contributed by atoms with E-state index in [9.17, 15) is 5.11 Å². The molecule has 0 spiro atoms. The molecule has 1 aromatic heterocycles. The van der Waals surface area contributed by atoms with E-state index < -0.39 is 0 Å². The molecule has 0 aromatic carbocycles. The van der Waals surface area contributed by atoms with Crippen LogP contribution in [0.1, 0.15) is 38.3 Å². The second kappa shape index (κ2) is 6.16. The van der Waals surface area contributed by atoms with E-state index in [0.717, 1.165) is 31.7 Å². The summed E-state index contributed by atoms with van der Waals surface area (Å²) in [4.78, 5) is 6.72. The fourth-order valence-electron chi connectivity index (χ4n) is 2.57. The van der Waals surface area contributed by atoms with Crippen LogP contribution in [-0.4, -0.2) is 35.8 Å². The normalized spacial score (nSPS) is 21.9. The molecule has 2 rings (SSSR count). The number of pyridine rings is 1. The largest absolute Gasteiger partial charge is 0.391 e. The van der Waals surface area contributed by atoms with Crippen LogP contribution in [-0.2, 0) is 0 Å². The van der Waals surface area contributed by atoms with Crippen LogP contribution in [0.4, 0.5) is 5.82 Å². The van der Waals surface area contributed by atoms with Gasteiger partial charge in [-0.15, -0.1) is 0 Å². The lowest BCUT2D eigenvalue weighted by Gasteiger charge is -2.33. The van der Waals surface area contributed by atoms with E-state index >= 15 is 0 Å². The monoisotopic (exact) mass is 249 g/mol. The van der Waals surface area contributed by atoms with Gasteiger partial charge < -0.3 is 15.3 Å². The van der Waals surface area contributed by atoms with E-state index in [4.69, 9.17) is 0 Å². The van der Waals surface area contributed by atoms with E-state index in [2.05, 4.69) is 35.1 Å². The predicted octanol–water partition coefficient (Wildman–Crippen LogP) is 1.71. The number of anilines is 1. The molecule has 2 unspecified atom stereocenters. The van der Waals surface area contributed by atoms with Crippen LogP contribution in [0.2, 0.25) is 0 Å². The van der Waals surface area contributed by atoms with Crippen molar-refractivity contribution in [2.75, 3.05) is 24.5 Å². The fraction of sp³-hybridized carbons (Fsp3) is 0.643. The Morgan fingerprint density at radius 1 is 1.61 bits per heavy atom. The van der Waals surface area contributed by atoms with Gasteiger partial charge in [-0.3, -0.25) is 0 Å². The SMILES string of the molecule is CCNC(C)c1cccnc1N1CCCC(O)C1. The third kappa shape index (κ3) is 3.00. The Morgan fingerprint density at radius 2 is 2.44 bits per heavy atom. The maximum absolute atomic E-state index is 9.79. The zero-order valence-corrected chi connectivity index (χ0v) is 11.3. The first-order valence-corrected chi connectivity index (χ1v) is 6.83. The zero-order valence-electron chi connectivity index (χ0n) is 11.3. The number of hydrogen-bond donors (Lipinski definition) is 2. The van der Waals surface area contributed by atoms with E-state index in [0.29, 0.717) is 6.54 Å². The van der Waals surface area contributed by atoms with Gasteiger partial charge in [0.1, 0.15) is 5.82 Å². The summed E-state index contributed by atoms with van der Waals surface area (Å²) in [6.07, 6.45) is 3.55. The van der Waals surface area contributed by atoms with Crippen molar-refractivity contribution in [2.24, 2.45) is 0 Å². The molecule has 18 heavy (non-hydrogen) atoms. The Labute approximate surface area is 109 Å². The molecule has 2 N–H and O–H groups in total. The minimum atomic E-state index is -0.219. The average molecular weight is 249 g/mol. The third-order valence-electron chi connectivity index (χ3n) is 3.49. The highest BCUT2D eigenvalue weighted by molar-refractivity contribution is 5.48. The van der Waals surface area contributed by atoms with Gasteiger partial charge in [-0.2, -0.15) is 0 Å². The summed E-state index contributed by atoms with van der Waals surface area (Å²) >= 11 is 0. The molecule has 0 amide bonds. The quantitative estimate of drug-likeness (QED) is 0.853. The van der Waals surface area contributed by atoms with Gasteiger partial charge in [-0.25, -0.2) is 4.98 Å². The molecular formula is C14H23N3O. The van der Waals surface area contributed by atoms with Crippen LogP contribution >= 0.6 is 0 Å². The summed E-state index contributed by atoms with van der Waals surface area (Å²) in [6.45, 7) is 6.89. The van der Waals surface area contributed by atoms with Crippen LogP contribution < -0.4 is 10.2 Å². The van der Waals surface area contributed by atoms with E-state index in [1.54, 1.807) is 0 Å². The zero-order chi connectivity index (χ0) is 13.0. The molecule has 1 aliphatic heterocycles. The molecule has 2 heterocycles. The minimum absolute atomic E-state index is 0.219. The first-order valence-electron chi connectivity index (χ1n) is 6.83. The lowest BCUT2D eigenvalue weighted by atomic mass is 10.1. The molecule has 2 atom stereocenters. The Morgan fingerprint density at radius 3 is 3.17 bits per heavy atom. The number of piperidine rings is 1. The van der Waals surface area contributed by atoms with E-state index in [1.807, 2.05) is 12.3 Å². The highest BCUT2D eigenvalue weighted by atomic mass is 16.3. The van der Waals surface area contributed by atoms with Crippen LogP contribution in [0.5, 0.6) is 0 Å². The lowest BCUT2D eigenvalue weighted by molar-refractivity contribution is 0.153. The molecular weight excluding hydrogens is 226 g/mol. The first kappa shape index (κ1) is 13.3. The smallest absolute Gasteiger partial charge is 0.133 e. The van der Waals surface area contributed by atoms with E-state index in [-0.39, 0.29) is 12.1 Å². The standard InChI is InChI=1S/C14H23N3O/c1-3-15-11(2)13-7-4-8-16-14(13)17-9-5-6-12(18)10-17/h4,7-8,11-12,15,18H,3,5-6,9-10H2,1-2H3. The maximum Gasteiger partial charge on any atom is 0.133 e. The highest BCUT2D eigenvalue weighted by Crippen LogP contribution is 2.26. The van der Waals surface area contributed by atoms with Crippen LogP contribution in [0.15, 0.2) is 18.3 Å². The molecule has 1 saturated heterocycles. The van der Waals surface area contributed by atoms with Gasteiger partial charge in [-0.1, -0.05) is 13.0 Å². The molecule has 0 bridgehead atoms. The van der Waals surface area contributed by atoms with Gasteiger partial charge >= 0.3 is 0 Å². The fourth-order valence-corrected chi connectivity index (χ4v) is 2.57. The van der Waals surface area contributed by atoms with Gasteiger partial charge in [0.25, 0.3) is 0 Å². The number of rotatable bonds is 4. The first-order chi connectivity index (χ1) is 8.72. The van der Waals surface area contributed by atoms with Gasteiger partial charge in [0, 0.05) is 30.9 Å². The highest BCUT2D eigenvalue weighted by Gasteiger charge is 2.22. The lowest BCUT2D eigenvalue weighted by Crippen LogP contribution is -2.39. The molecule has 1 aliphatic rings. The molecule has 100 valence electrons. The van der Waals surface area contributed by atoms with Crippen molar-refractivity contribution in [3.05, 3.63) is 23.9 Å². The number of nitrogens with zero attached hydrogens (tertiary/aromatic N) is 2. The van der Waals surface area contributed by atoms with Gasteiger partial charge in [0.2, 0.25) is 0 Å². The Balaban J connectivity index is 2.21. The van der Waals surface area contributed by atoms with Crippen LogP contribution in [0, 0.1) is 0 Å². The van der Waals surface area contributed by atoms with Crippen molar-refractivity contribution in [1.29, 1.82) is 0 Å². The van der Waals surface area contributed by atoms with Crippen molar-refractivity contribution in [3.8, 4) is 0 Å². The Hall–Kier alpha value is -1.13. The summed E-state index contributed by atoms with van der Waals surface area (Å²) in [5.74, 6) is 1.02. The molecule has 4 heteroatoms. The van der Waals surface area contributed by atoms with Gasteiger partial charge in [0.05, 0.1) is 6.10 Å². The summed E-state index contributed by atoms with van der Waals surface area (Å²) in [5.41, 5.74) is 1.22. The number of aliphatic hydroxyl groups excluding tert-OH is 1. The maximum atomic E-state index is 9.79. The number of β-amino-alcohol motifs (C(OH)–C–C–N with tert-alkyl or cyclic N) is 1. The number of hydrogen-bond acceptors (Lipinski definition) is 4. The Bertz CT molecular complexity index is 383. The summed E-state index contributed by atoms with van der Waals surface area (Å²) < 4.78 is 0. The molecule has 1 fully saturated rings. The average Bonchev–Trinajstić information content (AvgIpc) is 2.39. The summed E-state index contributed by atoms with van der Waals surface area (Å²) in [7, 11) is 0. The van der Waals surface area contributed by atoms with E-state index in [1.165, 1.54) is 5.56 Å². The van der Waals surface area contributed by atoms with Crippen LogP contribution in [0.25, 0.3) is 0 Å². The second-order valence-electron chi connectivity index (χ2n) is 4.94. The number of nitrogens with one attached hydrogen (secondary N) is 1. The molecule has 0 radical (unpaired) electrons. The second-order valence-corrected chi connectivity index (χ2v) is 4.94. The predicted molar refractivity (Wildman–Crippen MR) is 73.8 cm³/mol. The van der Waals surface area contributed by atoms with Gasteiger partial charge in [0.15, 0.2) is 0 Å². The van der Waals surface area contributed by atoms with Crippen molar-refractivity contribution in [1.82, 2.24) is 10.3 Å². The Kier molecular flexibility index (Phi) is 4.55. The van der Waals surface area contributed by atoms with Crippen LogP contribution in [0.3, 0.4) is 0 Å². The molecule has 1 aromatic rings. The van der Waals surface area contributed by atoms with Crippen molar-refractivity contribution >= 4 is 5.82 Å². The topological polar surface area (TPSA) is 48.4 Å². The minimum Gasteiger partial charge on any atom is -0.391 e. The van der Waals surface area contributed by atoms with Gasteiger partial charge in [-0.05, 0) is 32.4 Å². The number of aliphatic hydroxyl groups is 1. The van der Waals surface area contributed by atoms with Crippen molar-refractivity contribution in [2.45, 2.75) is 38.8 Å². The van der Waals surface area contributed by atoms with Crippen molar-refractivity contribution < 1.29 is 5.11 Å².